The first-order valence-corrected chi connectivity index (χ1v) is 12.2. The highest BCUT2D eigenvalue weighted by Crippen LogP contribution is 2.42. The summed E-state index contributed by atoms with van der Waals surface area (Å²) in [4.78, 5) is 0. The van der Waals surface area contributed by atoms with Crippen LogP contribution in [0.25, 0.3) is 0 Å². The summed E-state index contributed by atoms with van der Waals surface area (Å²) in [6.07, 6.45) is -7.31. The van der Waals surface area contributed by atoms with Gasteiger partial charge in [-0.3, -0.25) is 0 Å². The zero-order valence-corrected chi connectivity index (χ0v) is 22.4. The fraction of sp³-hybridized carbons (Fsp3) is 0.571. The first-order valence-electron chi connectivity index (χ1n) is 12.2. The van der Waals surface area contributed by atoms with Crippen LogP contribution >= 0.6 is 0 Å². The largest absolute Gasteiger partial charge is 0.421 e. The predicted octanol–water partition coefficient (Wildman–Crippen LogP) is 8.57. The summed E-state index contributed by atoms with van der Waals surface area (Å²) in [7, 11) is 1.29. The number of rotatable bonds is 9. The SMILES string of the molecule is CCC(C)c1ccc(C(C)(O)C(F)(F)F)cc1.CCC(C)c1ccc(C(C)(OCOC)C(F)(F)F)cc1. The van der Waals surface area contributed by atoms with Crippen molar-refractivity contribution in [3.8, 4) is 0 Å². The average molecular weight is 537 g/mol. The van der Waals surface area contributed by atoms with Crippen molar-refractivity contribution in [2.24, 2.45) is 0 Å². The van der Waals surface area contributed by atoms with Crippen LogP contribution in [0.15, 0.2) is 48.5 Å². The van der Waals surface area contributed by atoms with Gasteiger partial charge in [0.15, 0.2) is 11.2 Å². The van der Waals surface area contributed by atoms with E-state index in [0.29, 0.717) is 11.8 Å². The summed E-state index contributed by atoms with van der Waals surface area (Å²) in [6.45, 7) is 9.49. The van der Waals surface area contributed by atoms with E-state index >= 15 is 0 Å². The second-order valence-corrected chi connectivity index (χ2v) is 9.51. The van der Waals surface area contributed by atoms with Gasteiger partial charge in [-0.25, -0.2) is 0 Å². The molecule has 0 saturated heterocycles. The number of ether oxygens (including phenoxy) is 2. The normalized spacial score (nSPS) is 17.1. The molecule has 2 aromatic carbocycles. The van der Waals surface area contributed by atoms with Gasteiger partial charge in [-0.2, -0.15) is 26.3 Å². The molecule has 4 unspecified atom stereocenters. The Morgan fingerprint density at radius 1 is 0.703 bits per heavy atom. The van der Waals surface area contributed by atoms with Crippen molar-refractivity contribution in [1.82, 2.24) is 0 Å². The maximum Gasteiger partial charge on any atom is 0.421 e. The van der Waals surface area contributed by atoms with Crippen molar-refractivity contribution >= 4 is 0 Å². The van der Waals surface area contributed by atoms with Crippen LogP contribution in [0.4, 0.5) is 26.3 Å². The Morgan fingerprint density at radius 3 is 1.38 bits per heavy atom. The quantitative estimate of drug-likeness (QED) is 0.258. The summed E-state index contributed by atoms with van der Waals surface area (Å²) < 4.78 is 87.1. The maximum atomic E-state index is 13.3. The van der Waals surface area contributed by atoms with E-state index < -0.39 is 30.3 Å². The molecule has 4 atom stereocenters. The third-order valence-electron chi connectivity index (χ3n) is 6.86. The van der Waals surface area contributed by atoms with Crippen LogP contribution in [-0.4, -0.2) is 31.4 Å². The van der Waals surface area contributed by atoms with Gasteiger partial charge in [-0.05, 0) is 60.8 Å². The molecule has 2 rings (SSSR count). The number of aliphatic hydroxyl groups is 1. The fourth-order valence-electron chi connectivity index (χ4n) is 3.41. The molecular weight excluding hydrogens is 498 g/mol. The van der Waals surface area contributed by atoms with Gasteiger partial charge in [0, 0.05) is 7.11 Å². The molecule has 0 aliphatic carbocycles. The Labute approximate surface area is 215 Å². The topological polar surface area (TPSA) is 38.7 Å². The lowest BCUT2D eigenvalue weighted by Crippen LogP contribution is -2.42. The van der Waals surface area contributed by atoms with E-state index in [-0.39, 0.29) is 11.1 Å². The number of methoxy groups -OCH3 is 1. The minimum absolute atomic E-state index is 0.0779. The van der Waals surface area contributed by atoms with Gasteiger partial charge in [0.05, 0.1) is 0 Å². The highest BCUT2D eigenvalue weighted by molar-refractivity contribution is 5.31. The van der Waals surface area contributed by atoms with E-state index in [1.807, 2.05) is 27.7 Å². The molecule has 0 amide bonds. The van der Waals surface area contributed by atoms with Crippen LogP contribution in [0.3, 0.4) is 0 Å². The molecule has 0 radical (unpaired) electrons. The van der Waals surface area contributed by atoms with Crippen LogP contribution in [0.1, 0.15) is 88.5 Å². The molecule has 3 nitrogen and oxygen atoms in total. The number of hydrogen-bond acceptors (Lipinski definition) is 3. The zero-order valence-electron chi connectivity index (χ0n) is 22.4. The minimum Gasteiger partial charge on any atom is -0.376 e. The lowest BCUT2D eigenvalue weighted by molar-refractivity contribution is -0.296. The highest BCUT2D eigenvalue weighted by atomic mass is 19.4. The molecule has 0 bridgehead atoms. The highest BCUT2D eigenvalue weighted by Gasteiger charge is 2.54. The second-order valence-electron chi connectivity index (χ2n) is 9.51. The lowest BCUT2D eigenvalue weighted by atomic mass is 9.91. The Bertz CT molecular complexity index is 936. The average Bonchev–Trinajstić information content (AvgIpc) is 2.85. The molecule has 0 fully saturated rings. The molecule has 0 aliphatic heterocycles. The first-order chi connectivity index (χ1) is 17.0. The Balaban J connectivity index is 0.000000375. The van der Waals surface area contributed by atoms with Gasteiger partial charge < -0.3 is 14.6 Å². The summed E-state index contributed by atoms with van der Waals surface area (Å²) in [5.74, 6) is 0.626. The van der Waals surface area contributed by atoms with Crippen LogP contribution in [0, 0.1) is 0 Å². The molecule has 9 heteroatoms. The fourth-order valence-corrected chi connectivity index (χ4v) is 3.41. The standard InChI is InChI=1S/C15H21F3O2.C13H17F3O/c1-5-11(2)12-6-8-13(9-7-12)14(3,15(16,17)18)20-10-19-4;1-4-9(2)10-5-7-11(8-6-10)12(3,17)13(14,15)16/h6-9,11H,5,10H2,1-4H3;5-9,17H,4H2,1-3H3. The van der Waals surface area contributed by atoms with Gasteiger partial charge >= 0.3 is 12.4 Å². The Kier molecular flexibility index (Phi) is 11.7. The van der Waals surface area contributed by atoms with Gasteiger partial charge in [-0.15, -0.1) is 0 Å². The monoisotopic (exact) mass is 536 g/mol. The number of benzene rings is 2. The molecule has 2 aromatic rings. The maximum absolute atomic E-state index is 13.3. The van der Waals surface area contributed by atoms with E-state index in [2.05, 4.69) is 4.74 Å². The molecule has 0 aliphatic rings. The number of alkyl halides is 6. The van der Waals surface area contributed by atoms with Crippen LogP contribution < -0.4 is 0 Å². The first kappa shape index (κ1) is 32.9. The summed E-state index contributed by atoms with van der Waals surface area (Å²) >= 11 is 0. The van der Waals surface area contributed by atoms with Gasteiger partial charge in [0.1, 0.15) is 6.79 Å². The zero-order chi connectivity index (χ0) is 28.7. The van der Waals surface area contributed by atoms with E-state index in [1.54, 1.807) is 24.3 Å². The molecule has 210 valence electrons. The van der Waals surface area contributed by atoms with Crippen LogP contribution in [-0.2, 0) is 20.7 Å². The lowest BCUT2D eigenvalue weighted by Gasteiger charge is -2.32. The Hall–Kier alpha value is -2.10. The summed E-state index contributed by atoms with van der Waals surface area (Å²) in [5, 5.41) is 9.48. The van der Waals surface area contributed by atoms with Crippen molar-refractivity contribution in [1.29, 1.82) is 0 Å². The van der Waals surface area contributed by atoms with E-state index in [9.17, 15) is 31.4 Å². The van der Waals surface area contributed by atoms with Crippen LogP contribution in [0.5, 0.6) is 0 Å². The summed E-state index contributed by atoms with van der Waals surface area (Å²) in [6, 6.07) is 12.4. The van der Waals surface area contributed by atoms with Crippen molar-refractivity contribution in [3.63, 3.8) is 0 Å². The third-order valence-corrected chi connectivity index (χ3v) is 6.86. The van der Waals surface area contributed by atoms with Crippen molar-refractivity contribution < 1.29 is 40.9 Å². The molecule has 37 heavy (non-hydrogen) atoms. The predicted molar refractivity (Wildman–Crippen MR) is 132 cm³/mol. The second kappa shape index (κ2) is 13.1. The molecule has 0 spiro atoms. The number of hydrogen-bond donors (Lipinski definition) is 1. The minimum atomic E-state index is -4.66. The van der Waals surface area contributed by atoms with E-state index in [0.717, 1.165) is 37.8 Å². The van der Waals surface area contributed by atoms with Crippen molar-refractivity contribution in [2.75, 3.05) is 13.9 Å². The molecule has 1 N–H and O–H groups in total. The van der Waals surface area contributed by atoms with Crippen molar-refractivity contribution in [3.05, 3.63) is 70.8 Å². The Morgan fingerprint density at radius 2 is 1.08 bits per heavy atom. The van der Waals surface area contributed by atoms with Crippen molar-refractivity contribution in [2.45, 2.75) is 89.8 Å². The molecule has 0 saturated carbocycles. The molecule has 0 aromatic heterocycles. The van der Waals surface area contributed by atoms with Gasteiger partial charge in [0.25, 0.3) is 0 Å². The summed E-state index contributed by atoms with van der Waals surface area (Å²) in [5.41, 5.74) is -3.20. The number of halogens is 6. The molecule has 0 heterocycles. The third kappa shape index (κ3) is 8.19. The molecular formula is C28H38F6O3. The smallest absolute Gasteiger partial charge is 0.376 e. The van der Waals surface area contributed by atoms with Gasteiger partial charge in [0.2, 0.25) is 0 Å². The van der Waals surface area contributed by atoms with Crippen LogP contribution in [0.2, 0.25) is 0 Å². The van der Waals surface area contributed by atoms with E-state index in [1.165, 1.54) is 31.4 Å². The van der Waals surface area contributed by atoms with Gasteiger partial charge in [-0.1, -0.05) is 76.2 Å². The van der Waals surface area contributed by atoms with E-state index in [4.69, 9.17) is 4.74 Å².